The van der Waals surface area contributed by atoms with Crippen molar-refractivity contribution >= 4 is 0 Å². The van der Waals surface area contributed by atoms with Crippen LogP contribution < -0.4 is 0 Å². The summed E-state index contributed by atoms with van der Waals surface area (Å²) in [5.74, 6) is -2.85. The average Bonchev–Trinajstić information content (AvgIpc) is 2.49. The van der Waals surface area contributed by atoms with Crippen LogP contribution in [0.4, 0.5) is 13.2 Å². The lowest BCUT2D eigenvalue weighted by Gasteiger charge is -2.05. The predicted octanol–water partition coefficient (Wildman–Crippen LogP) is 2.60. The molecule has 1 aromatic heterocycles. The fraction of sp³-hybridized carbons (Fsp3) is 0.100. The van der Waals surface area contributed by atoms with E-state index in [0.717, 1.165) is 0 Å². The quantitative estimate of drug-likeness (QED) is 0.710. The Balaban J connectivity index is 2.62. The number of nitrogens with zero attached hydrogens (tertiary/aromatic N) is 2. The average molecular weight is 212 g/mol. The third kappa shape index (κ3) is 1.72. The molecule has 0 aliphatic carbocycles. The summed E-state index contributed by atoms with van der Waals surface area (Å²) in [4.78, 5) is 3.83. The van der Waals surface area contributed by atoms with Crippen molar-refractivity contribution in [1.82, 2.24) is 9.55 Å². The van der Waals surface area contributed by atoms with Crippen molar-refractivity contribution in [3.8, 4) is 5.69 Å². The maximum absolute atomic E-state index is 13.3. The van der Waals surface area contributed by atoms with Gasteiger partial charge >= 0.3 is 0 Å². The van der Waals surface area contributed by atoms with Crippen molar-refractivity contribution in [2.75, 3.05) is 0 Å². The van der Waals surface area contributed by atoms with Crippen molar-refractivity contribution in [3.63, 3.8) is 0 Å². The fourth-order valence-electron chi connectivity index (χ4n) is 1.32. The van der Waals surface area contributed by atoms with Crippen LogP contribution in [0.5, 0.6) is 0 Å². The molecule has 0 spiro atoms. The second kappa shape index (κ2) is 3.42. The molecule has 1 aromatic carbocycles. The van der Waals surface area contributed by atoms with Gasteiger partial charge in [0.25, 0.3) is 0 Å². The van der Waals surface area contributed by atoms with Gasteiger partial charge in [0.1, 0.15) is 11.5 Å². The summed E-state index contributed by atoms with van der Waals surface area (Å²) in [5.41, 5.74) is 0.301. The Morgan fingerprint density at radius 3 is 2.20 bits per heavy atom. The molecule has 5 heteroatoms. The third-order valence-electron chi connectivity index (χ3n) is 1.95. The molecular formula is C10H7F3N2. The first-order valence-electron chi connectivity index (χ1n) is 4.23. The topological polar surface area (TPSA) is 17.8 Å². The highest BCUT2D eigenvalue weighted by Gasteiger charge is 2.13. The van der Waals surface area contributed by atoms with Crippen molar-refractivity contribution in [2.45, 2.75) is 6.92 Å². The van der Waals surface area contributed by atoms with Gasteiger partial charge in [-0.2, -0.15) is 0 Å². The Morgan fingerprint density at radius 1 is 1.13 bits per heavy atom. The fourth-order valence-corrected chi connectivity index (χ4v) is 1.32. The number of hydrogen-bond acceptors (Lipinski definition) is 1. The van der Waals surface area contributed by atoms with Crippen LogP contribution in [0.25, 0.3) is 5.69 Å². The summed E-state index contributed by atoms with van der Waals surface area (Å²) < 4.78 is 40.4. The molecule has 0 unspecified atom stereocenters. The summed E-state index contributed by atoms with van der Waals surface area (Å²) in [6, 6.07) is 1.27. The summed E-state index contributed by atoms with van der Waals surface area (Å²) >= 11 is 0. The monoisotopic (exact) mass is 212 g/mol. The van der Waals surface area contributed by atoms with Crippen molar-refractivity contribution in [2.24, 2.45) is 0 Å². The van der Waals surface area contributed by atoms with E-state index >= 15 is 0 Å². The van der Waals surface area contributed by atoms with E-state index in [9.17, 15) is 13.2 Å². The number of aromatic nitrogens is 2. The third-order valence-corrected chi connectivity index (χ3v) is 1.95. The van der Waals surface area contributed by atoms with Gasteiger partial charge in [0.05, 0.1) is 12.0 Å². The number of aryl methyl sites for hydroxylation is 1. The maximum atomic E-state index is 13.3. The van der Waals surface area contributed by atoms with E-state index in [1.54, 1.807) is 6.92 Å². The predicted molar refractivity (Wildman–Crippen MR) is 48.2 cm³/mol. The molecule has 0 radical (unpaired) electrons. The lowest BCUT2D eigenvalue weighted by atomic mass is 10.3. The van der Waals surface area contributed by atoms with Crippen LogP contribution in [0, 0.1) is 24.4 Å². The Morgan fingerprint density at radius 2 is 1.73 bits per heavy atom. The van der Waals surface area contributed by atoms with Gasteiger partial charge in [0, 0.05) is 18.3 Å². The molecule has 0 aliphatic rings. The van der Waals surface area contributed by atoms with Gasteiger partial charge in [-0.25, -0.2) is 18.2 Å². The number of imidazole rings is 1. The first-order chi connectivity index (χ1) is 7.08. The zero-order chi connectivity index (χ0) is 11.0. The molecule has 0 aliphatic heterocycles. The number of halogens is 3. The van der Waals surface area contributed by atoms with Gasteiger partial charge in [-0.15, -0.1) is 0 Å². The smallest absolute Gasteiger partial charge is 0.153 e. The van der Waals surface area contributed by atoms with Crippen LogP contribution in [0.1, 0.15) is 5.69 Å². The van der Waals surface area contributed by atoms with E-state index in [1.165, 1.54) is 17.1 Å². The molecule has 1 heterocycles. The minimum atomic E-state index is -0.954. The van der Waals surface area contributed by atoms with Gasteiger partial charge in [0.2, 0.25) is 0 Å². The van der Waals surface area contributed by atoms with Crippen LogP contribution >= 0.6 is 0 Å². The van der Waals surface area contributed by atoms with Crippen molar-refractivity contribution in [3.05, 3.63) is 47.8 Å². The molecule has 0 saturated carbocycles. The Bertz CT molecular complexity index is 482. The van der Waals surface area contributed by atoms with Crippen LogP contribution in [0.15, 0.2) is 24.7 Å². The largest absolute Gasteiger partial charge is 0.301 e. The first-order valence-corrected chi connectivity index (χ1v) is 4.23. The van der Waals surface area contributed by atoms with Gasteiger partial charge in [-0.3, -0.25) is 0 Å². The Labute approximate surface area is 84.0 Å². The number of hydrogen-bond donors (Lipinski definition) is 0. The van der Waals surface area contributed by atoms with Gasteiger partial charge in [-0.1, -0.05) is 0 Å². The maximum Gasteiger partial charge on any atom is 0.153 e. The van der Waals surface area contributed by atoms with E-state index in [-0.39, 0.29) is 5.69 Å². The van der Waals surface area contributed by atoms with E-state index in [0.29, 0.717) is 17.8 Å². The first kappa shape index (κ1) is 9.76. The molecule has 2 rings (SSSR count). The summed E-state index contributed by atoms with van der Waals surface area (Å²) in [5, 5.41) is 0. The normalized spacial score (nSPS) is 10.7. The lowest BCUT2D eigenvalue weighted by molar-refractivity contribution is 0.534. The van der Waals surface area contributed by atoms with Crippen LogP contribution in [0.2, 0.25) is 0 Å². The van der Waals surface area contributed by atoms with Crippen LogP contribution in [-0.4, -0.2) is 9.55 Å². The molecule has 0 fully saturated rings. The Kier molecular flexibility index (Phi) is 2.22. The molecule has 0 N–H and O–H groups in total. The number of rotatable bonds is 1. The molecule has 0 atom stereocenters. The van der Waals surface area contributed by atoms with E-state index < -0.39 is 17.5 Å². The van der Waals surface area contributed by atoms with Gasteiger partial charge in [0.15, 0.2) is 11.6 Å². The van der Waals surface area contributed by atoms with Crippen LogP contribution in [-0.2, 0) is 0 Å². The minimum absolute atomic E-state index is 0.322. The van der Waals surface area contributed by atoms with Gasteiger partial charge < -0.3 is 4.57 Å². The highest BCUT2D eigenvalue weighted by atomic mass is 19.1. The molecule has 78 valence electrons. The van der Waals surface area contributed by atoms with Gasteiger partial charge in [-0.05, 0) is 6.92 Å². The van der Waals surface area contributed by atoms with Crippen molar-refractivity contribution < 1.29 is 13.2 Å². The van der Waals surface area contributed by atoms with E-state index in [4.69, 9.17) is 0 Å². The van der Waals surface area contributed by atoms with E-state index in [1.807, 2.05) is 0 Å². The summed E-state index contributed by atoms with van der Waals surface area (Å²) in [6.45, 7) is 1.69. The molecular weight excluding hydrogens is 205 g/mol. The molecule has 0 bridgehead atoms. The minimum Gasteiger partial charge on any atom is -0.301 e. The Hall–Kier alpha value is -1.78. The van der Waals surface area contributed by atoms with E-state index in [2.05, 4.69) is 4.98 Å². The van der Waals surface area contributed by atoms with Crippen molar-refractivity contribution in [1.29, 1.82) is 0 Å². The second-order valence-corrected chi connectivity index (χ2v) is 3.14. The molecule has 15 heavy (non-hydrogen) atoms. The highest BCUT2D eigenvalue weighted by molar-refractivity contribution is 5.36. The molecule has 2 nitrogen and oxygen atoms in total. The summed E-state index contributed by atoms with van der Waals surface area (Å²) in [7, 11) is 0. The molecule has 2 aromatic rings. The SMILES string of the molecule is Cc1cn(-c2c(F)cc(F)cc2F)cn1. The number of benzene rings is 1. The molecule has 0 amide bonds. The standard InChI is InChI=1S/C10H7F3N2/c1-6-4-15(5-14-6)10-8(12)2-7(11)3-9(10)13/h2-5H,1H3. The lowest BCUT2D eigenvalue weighted by Crippen LogP contribution is -2.00. The second-order valence-electron chi connectivity index (χ2n) is 3.14. The summed E-state index contributed by atoms with van der Waals surface area (Å²) in [6.07, 6.45) is 2.73. The zero-order valence-electron chi connectivity index (χ0n) is 7.84. The molecule has 0 saturated heterocycles. The highest BCUT2D eigenvalue weighted by Crippen LogP contribution is 2.19. The van der Waals surface area contributed by atoms with Crippen LogP contribution in [0.3, 0.4) is 0 Å². The zero-order valence-corrected chi connectivity index (χ0v) is 7.84.